The van der Waals surface area contributed by atoms with Crippen LogP contribution in [0.25, 0.3) is 0 Å². The van der Waals surface area contributed by atoms with Crippen molar-refractivity contribution in [2.24, 2.45) is 0 Å². The summed E-state index contributed by atoms with van der Waals surface area (Å²) in [5.41, 5.74) is 1.14. The third-order valence-electron chi connectivity index (χ3n) is 2.37. The standard InChI is InChI=1S/C13H17BrFNO/c1-9-6-11(8-12(15)7-9)13(17)16-5-3-4-10(2)14/h6-8,10H,3-5H2,1-2H3,(H,16,17). The Morgan fingerprint density at radius 2 is 2.18 bits per heavy atom. The number of aryl methyl sites for hydroxylation is 1. The minimum Gasteiger partial charge on any atom is -0.352 e. The van der Waals surface area contributed by atoms with Gasteiger partial charge in [0.25, 0.3) is 5.91 Å². The van der Waals surface area contributed by atoms with E-state index in [1.165, 1.54) is 12.1 Å². The van der Waals surface area contributed by atoms with Crippen molar-refractivity contribution >= 4 is 21.8 Å². The molecular formula is C13H17BrFNO. The monoisotopic (exact) mass is 301 g/mol. The number of rotatable bonds is 5. The summed E-state index contributed by atoms with van der Waals surface area (Å²) in [5, 5.41) is 2.78. The molecule has 0 bridgehead atoms. The van der Waals surface area contributed by atoms with E-state index in [9.17, 15) is 9.18 Å². The number of amides is 1. The van der Waals surface area contributed by atoms with E-state index in [0.717, 1.165) is 18.4 Å². The molecule has 1 aromatic rings. The smallest absolute Gasteiger partial charge is 0.251 e. The summed E-state index contributed by atoms with van der Waals surface area (Å²) in [6.07, 6.45) is 1.91. The maximum absolute atomic E-state index is 13.1. The number of benzene rings is 1. The van der Waals surface area contributed by atoms with Crippen molar-refractivity contribution in [2.75, 3.05) is 6.54 Å². The van der Waals surface area contributed by atoms with E-state index in [2.05, 4.69) is 28.2 Å². The molecular weight excluding hydrogens is 285 g/mol. The Morgan fingerprint density at radius 1 is 1.47 bits per heavy atom. The molecule has 1 aromatic carbocycles. The first-order valence-electron chi connectivity index (χ1n) is 5.68. The van der Waals surface area contributed by atoms with Crippen molar-refractivity contribution in [3.63, 3.8) is 0 Å². The van der Waals surface area contributed by atoms with Crippen LogP contribution in [0.1, 0.15) is 35.7 Å². The fourth-order valence-electron chi connectivity index (χ4n) is 1.55. The molecule has 0 radical (unpaired) electrons. The van der Waals surface area contributed by atoms with E-state index in [1.54, 1.807) is 13.0 Å². The van der Waals surface area contributed by atoms with Crippen LogP contribution < -0.4 is 5.32 Å². The largest absolute Gasteiger partial charge is 0.352 e. The second kappa shape index (κ2) is 6.74. The minimum absolute atomic E-state index is 0.213. The zero-order chi connectivity index (χ0) is 12.8. The van der Waals surface area contributed by atoms with Crippen LogP contribution in [-0.2, 0) is 0 Å². The van der Waals surface area contributed by atoms with Gasteiger partial charge in [0, 0.05) is 16.9 Å². The summed E-state index contributed by atoms with van der Waals surface area (Å²) in [4.78, 5) is 12.2. The van der Waals surface area contributed by atoms with E-state index >= 15 is 0 Å². The van der Waals surface area contributed by atoms with Crippen LogP contribution in [-0.4, -0.2) is 17.3 Å². The molecule has 0 spiro atoms. The minimum atomic E-state index is -0.371. The number of carbonyl (C=O) groups is 1. The first-order chi connectivity index (χ1) is 7.99. The molecule has 2 nitrogen and oxygen atoms in total. The van der Waals surface area contributed by atoms with E-state index in [-0.39, 0.29) is 11.7 Å². The highest BCUT2D eigenvalue weighted by Gasteiger charge is 2.07. The molecule has 1 unspecified atom stereocenters. The summed E-state index contributed by atoms with van der Waals surface area (Å²) in [6.45, 7) is 4.45. The Labute approximate surface area is 110 Å². The molecule has 17 heavy (non-hydrogen) atoms. The Bertz CT molecular complexity index is 373. The first kappa shape index (κ1) is 14.2. The van der Waals surface area contributed by atoms with Crippen LogP contribution in [0.2, 0.25) is 0 Å². The van der Waals surface area contributed by atoms with Gasteiger partial charge >= 0.3 is 0 Å². The van der Waals surface area contributed by atoms with Crippen molar-refractivity contribution in [1.82, 2.24) is 5.32 Å². The maximum Gasteiger partial charge on any atom is 0.251 e. The molecule has 94 valence electrons. The molecule has 0 saturated heterocycles. The fourth-order valence-corrected chi connectivity index (χ4v) is 1.88. The highest BCUT2D eigenvalue weighted by molar-refractivity contribution is 9.09. The Morgan fingerprint density at radius 3 is 2.76 bits per heavy atom. The van der Waals surface area contributed by atoms with Gasteiger partial charge in [-0.3, -0.25) is 4.79 Å². The lowest BCUT2D eigenvalue weighted by Gasteiger charge is -2.07. The maximum atomic E-state index is 13.1. The van der Waals surface area contributed by atoms with Crippen molar-refractivity contribution in [3.8, 4) is 0 Å². The highest BCUT2D eigenvalue weighted by atomic mass is 79.9. The van der Waals surface area contributed by atoms with Crippen molar-refractivity contribution in [3.05, 3.63) is 35.1 Å². The molecule has 0 fully saturated rings. The summed E-state index contributed by atoms with van der Waals surface area (Å²) >= 11 is 3.44. The first-order valence-corrected chi connectivity index (χ1v) is 6.60. The molecule has 0 heterocycles. The molecule has 0 aliphatic heterocycles. The van der Waals surface area contributed by atoms with Crippen LogP contribution in [0.5, 0.6) is 0 Å². The average Bonchev–Trinajstić information content (AvgIpc) is 2.22. The van der Waals surface area contributed by atoms with Crippen LogP contribution in [0.15, 0.2) is 18.2 Å². The molecule has 0 aliphatic rings. The molecule has 1 atom stereocenters. The second-order valence-corrected chi connectivity index (χ2v) is 5.76. The topological polar surface area (TPSA) is 29.1 Å². The number of nitrogens with one attached hydrogen (secondary N) is 1. The molecule has 1 amide bonds. The van der Waals surface area contributed by atoms with Gasteiger partial charge in [-0.05, 0) is 43.5 Å². The summed E-state index contributed by atoms with van der Waals surface area (Å²) < 4.78 is 13.1. The zero-order valence-electron chi connectivity index (χ0n) is 10.1. The van der Waals surface area contributed by atoms with Gasteiger partial charge in [-0.25, -0.2) is 4.39 Å². The molecule has 0 aromatic heterocycles. The van der Waals surface area contributed by atoms with Gasteiger partial charge in [0.05, 0.1) is 0 Å². The van der Waals surface area contributed by atoms with Crippen molar-refractivity contribution < 1.29 is 9.18 Å². The van der Waals surface area contributed by atoms with Crippen LogP contribution >= 0.6 is 15.9 Å². The molecule has 1 rings (SSSR count). The van der Waals surface area contributed by atoms with Crippen molar-refractivity contribution in [2.45, 2.75) is 31.5 Å². The van der Waals surface area contributed by atoms with E-state index < -0.39 is 0 Å². The fraction of sp³-hybridized carbons (Fsp3) is 0.462. The summed E-state index contributed by atoms with van der Waals surface area (Å²) in [6, 6.07) is 4.35. The second-order valence-electron chi connectivity index (χ2n) is 4.20. The Kier molecular flexibility index (Phi) is 5.62. The number of hydrogen-bond donors (Lipinski definition) is 1. The normalized spacial score (nSPS) is 12.2. The predicted octanol–water partition coefficient (Wildman–Crippen LogP) is 3.43. The number of alkyl halides is 1. The number of hydrogen-bond acceptors (Lipinski definition) is 1. The zero-order valence-corrected chi connectivity index (χ0v) is 11.7. The Balaban J connectivity index is 2.47. The van der Waals surface area contributed by atoms with Gasteiger partial charge in [-0.1, -0.05) is 22.9 Å². The van der Waals surface area contributed by atoms with Gasteiger partial charge in [-0.2, -0.15) is 0 Å². The summed E-state index contributed by atoms with van der Waals surface area (Å²) in [7, 11) is 0. The van der Waals surface area contributed by atoms with Crippen molar-refractivity contribution in [1.29, 1.82) is 0 Å². The third kappa shape index (κ3) is 5.31. The lowest BCUT2D eigenvalue weighted by atomic mass is 10.1. The molecule has 0 aliphatic carbocycles. The molecule has 0 saturated carbocycles. The average molecular weight is 302 g/mol. The highest BCUT2D eigenvalue weighted by Crippen LogP contribution is 2.09. The van der Waals surface area contributed by atoms with Gasteiger partial charge in [0.15, 0.2) is 0 Å². The van der Waals surface area contributed by atoms with Crippen LogP contribution in [0, 0.1) is 12.7 Å². The molecule has 4 heteroatoms. The predicted molar refractivity (Wildman–Crippen MR) is 71.1 cm³/mol. The SMILES string of the molecule is Cc1cc(F)cc(C(=O)NCCCC(C)Br)c1. The van der Waals surface area contributed by atoms with Gasteiger partial charge < -0.3 is 5.32 Å². The van der Waals surface area contributed by atoms with Crippen LogP contribution in [0.4, 0.5) is 4.39 Å². The lowest BCUT2D eigenvalue weighted by molar-refractivity contribution is 0.0952. The lowest BCUT2D eigenvalue weighted by Crippen LogP contribution is -2.25. The van der Waals surface area contributed by atoms with Crippen LogP contribution in [0.3, 0.4) is 0 Å². The quantitative estimate of drug-likeness (QED) is 0.655. The summed E-state index contributed by atoms with van der Waals surface area (Å²) in [5.74, 6) is -0.584. The number of halogens is 2. The van der Waals surface area contributed by atoms with E-state index in [4.69, 9.17) is 0 Å². The van der Waals surface area contributed by atoms with Gasteiger partial charge in [0.2, 0.25) is 0 Å². The number of carbonyl (C=O) groups excluding carboxylic acids is 1. The van der Waals surface area contributed by atoms with Gasteiger partial charge in [0.1, 0.15) is 5.82 Å². The van der Waals surface area contributed by atoms with E-state index in [1.807, 2.05) is 0 Å². The molecule has 1 N–H and O–H groups in total. The third-order valence-corrected chi connectivity index (χ3v) is 2.83. The van der Waals surface area contributed by atoms with Gasteiger partial charge in [-0.15, -0.1) is 0 Å². The van der Waals surface area contributed by atoms with E-state index in [0.29, 0.717) is 16.9 Å². The Hall–Kier alpha value is -0.900.